The highest BCUT2D eigenvalue weighted by atomic mass is 16.5. The van der Waals surface area contributed by atoms with Crippen molar-refractivity contribution < 1.29 is 19.4 Å². The van der Waals surface area contributed by atoms with Crippen molar-refractivity contribution in [3.8, 4) is 17.2 Å². The van der Waals surface area contributed by atoms with Gasteiger partial charge >= 0.3 is 0 Å². The van der Waals surface area contributed by atoms with E-state index < -0.39 is 0 Å². The number of benzene rings is 2. The second kappa shape index (κ2) is 7.84. The molecule has 0 saturated carbocycles. The van der Waals surface area contributed by atoms with Crippen molar-refractivity contribution in [3.05, 3.63) is 53.6 Å². The Balaban J connectivity index is 1.90. The van der Waals surface area contributed by atoms with Crippen LogP contribution in [0.15, 0.2) is 47.6 Å². The Hall–Kier alpha value is -3.02. The van der Waals surface area contributed by atoms with Crippen molar-refractivity contribution in [3.63, 3.8) is 0 Å². The van der Waals surface area contributed by atoms with E-state index in [2.05, 4.69) is 10.5 Å². The molecule has 0 saturated heterocycles. The van der Waals surface area contributed by atoms with Gasteiger partial charge in [0, 0.05) is 0 Å². The molecule has 0 spiro atoms. The number of phenolic OH excluding ortho intramolecular Hbond substituents is 1. The molecule has 0 radical (unpaired) electrons. The van der Waals surface area contributed by atoms with Crippen molar-refractivity contribution in [2.75, 3.05) is 14.2 Å². The van der Waals surface area contributed by atoms with Gasteiger partial charge in [-0.1, -0.05) is 12.1 Å². The number of ether oxygens (including phenoxy) is 2. The summed E-state index contributed by atoms with van der Waals surface area (Å²) in [6, 6.07) is 12.0. The molecule has 2 aromatic carbocycles. The summed E-state index contributed by atoms with van der Waals surface area (Å²) in [7, 11) is 3.06. The van der Waals surface area contributed by atoms with Crippen molar-refractivity contribution in [1.82, 2.24) is 5.43 Å². The summed E-state index contributed by atoms with van der Waals surface area (Å²) < 4.78 is 10.1. The van der Waals surface area contributed by atoms with Gasteiger partial charge in [-0.2, -0.15) is 5.10 Å². The third-order valence-corrected chi connectivity index (χ3v) is 3.13. The van der Waals surface area contributed by atoms with Crippen LogP contribution in [0.25, 0.3) is 0 Å². The fraction of sp³-hybridized carbons (Fsp3) is 0.176. The highest BCUT2D eigenvalue weighted by Gasteiger charge is 2.03. The molecule has 1 amide bonds. The Labute approximate surface area is 134 Å². The minimum absolute atomic E-state index is 0.0493. The smallest absolute Gasteiger partial charge is 0.244 e. The third-order valence-electron chi connectivity index (χ3n) is 3.13. The van der Waals surface area contributed by atoms with E-state index in [-0.39, 0.29) is 18.1 Å². The van der Waals surface area contributed by atoms with Crippen LogP contribution in [0.5, 0.6) is 17.2 Å². The van der Waals surface area contributed by atoms with E-state index in [9.17, 15) is 9.90 Å². The topological polar surface area (TPSA) is 80.2 Å². The van der Waals surface area contributed by atoms with Crippen molar-refractivity contribution in [2.45, 2.75) is 6.42 Å². The average Bonchev–Trinajstić information content (AvgIpc) is 2.57. The zero-order valence-corrected chi connectivity index (χ0v) is 12.9. The normalized spacial score (nSPS) is 10.5. The molecule has 120 valence electrons. The molecule has 0 aliphatic heterocycles. The molecular weight excluding hydrogens is 296 g/mol. The van der Waals surface area contributed by atoms with Crippen LogP contribution in [0, 0.1) is 0 Å². The second-order valence-electron chi connectivity index (χ2n) is 4.75. The Morgan fingerprint density at radius 1 is 1.17 bits per heavy atom. The first kappa shape index (κ1) is 16.4. The molecule has 0 aliphatic rings. The van der Waals surface area contributed by atoms with Crippen LogP contribution in [0.1, 0.15) is 11.1 Å². The summed E-state index contributed by atoms with van der Waals surface area (Å²) in [6.07, 6.45) is 1.70. The highest BCUT2D eigenvalue weighted by Crippen LogP contribution is 2.25. The largest absolute Gasteiger partial charge is 0.504 e. The lowest BCUT2D eigenvalue weighted by molar-refractivity contribution is -0.120. The van der Waals surface area contributed by atoms with Gasteiger partial charge in [0.1, 0.15) is 5.75 Å². The number of phenols is 1. The lowest BCUT2D eigenvalue weighted by Gasteiger charge is -2.04. The van der Waals surface area contributed by atoms with Crippen molar-refractivity contribution in [1.29, 1.82) is 0 Å². The molecule has 2 rings (SSSR count). The van der Waals surface area contributed by atoms with Gasteiger partial charge in [0.05, 0.1) is 26.9 Å². The second-order valence-corrected chi connectivity index (χ2v) is 4.75. The van der Waals surface area contributed by atoms with Gasteiger partial charge in [-0.25, -0.2) is 5.43 Å². The molecule has 0 unspecified atom stereocenters. The number of carbonyl (C=O) groups is 1. The monoisotopic (exact) mass is 314 g/mol. The first-order chi connectivity index (χ1) is 11.1. The fourth-order valence-electron chi connectivity index (χ4n) is 1.92. The zero-order valence-electron chi connectivity index (χ0n) is 12.9. The first-order valence-electron chi connectivity index (χ1n) is 6.94. The predicted molar refractivity (Wildman–Crippen MR) is 87.1 cm³/mol. The predicted octanol–water partition coefficient (Wildman–Crippen LogP) is 2.10. The summed E-state index contributed by atoms with van der Waals surface area (Å²) in [5.41, 5.74) is 4.02. The number of methoxy groups -OCH3 is 2. The lowest BCUT2D eigenvalue weighted by atomic mass is 10.1. The number of amides is 1. The molecule has 0 aromatic heterocycles. The van der Waals surface area contributed by atoms with Crippen LogP contribution < -0.4 is 14.9 Å². The van der Waals surface area contributed by atoms with Gasteiger partial charge in [-0.05, 0) is 41.5 Å². The highest BCUT2D eigenvalue weighted by molar-refractivity contribution is 5.84. The first-order valence-corrected chi connectivity index (χ1v) is 6.94. The number of carbonyl (C=O) groups excluding carboxylic acids is 1. The average molecular weight is 314 g/mol. The van der Waals surface area contributed by atoms with E-state index in [1.165, 1.54) is 19.4 Å². The van der Waals surface area contributed by atoms with E-state index in [1.807, 2.05) is 12.1 Å². The van der Waals surface area contributed by atoms with Gasteiger partial charge in [0.15, 0.2) is 11.5 Å². The van der Waals surface area contributed by atoms with E-state index >= 15 is 0 Å². The molecule has 0 fully saturated rings. The molecule has 0 heterocycles. The number of aromatic hydroxyl groups is 1. The van der Waals surface area contributed by atoms with Crippen LogP contribution >= 0.6 is 0 Å². The number of rotatable bonds is 6. The molecule has 2 aromatic rings. The van der Waals surface area contributed by atoms with Gasteiger partial charge in [-0.15, -0.1) is 0 Å². The fourth-order valence-corrected chi connectivity index (χ4v) is 1.92. The Bertz CT molecular complexity index is 696. The molecule has 2 N–H and O–H groups in total. The molecule has 0 aliphatic carbocycles. The van der Waals surface area contributed by atoms with Gasteiger partial charge in [-0.3, -0.25) is 4.79 Å². The molecule has 6 heteroatoms. The Kier molecular flexibility index (Phi) is 5.57. The maximum Gasteiger partial charge on any atom is 0.244 e. The lowest BCUT2D eigenvalue weighted by Crippen LogP contribution is -2.19. The number of nitrogens with one attached hydrogen (secondary N) is 1. The molecular formula is C17H18N2O4. The number of hydrogen-bond acceptors (Lipinski definition) is 5. The summed E-state index contributed by atoms with van der Waals surface area (Å²) >= 11 is 0. The van der Waals surface area contributed by atoms with Gasteiger partial charge in [0.25, 0.3) is 0 Å². The Morgan fingerprint density at radius 3 is 2.57 bits per heavy atom. The van der Waals surface area contributed by atoms with Crippen LogP contribution in [0.2, 0.25) is 0 Å². The maximum atomic E-state index is 11.8. The van der Waals surface area contributed by atoms with Crippen LogP contribution in [0.4, 0.5) is 0 Å². The van der Waals surface area contributed by atoms with Crippen LogP contribution in [-0.2, 0) is 11.2 Å². The van der Waals surface area contributed by atoms with Crippen molar-refractivity contribution >= 4 is 12.1 Å². The summed E-state index contributed by atoms with van der Waals surface area (Å²) in [5.74, 6) is 0.914. The minimum Gasteiger partial charge on any atom is -0.504 e. The SMILES string of the molecule is COc1ccc(CC(=O)N/N=C\c2ccc(O)c(OC)c2)cc1. The van der Waals surface area contributed by atoms with Gasteiger partial charge < -0.3 is 14.6 Å². The molecule has 0 atom stereocenters. The maximum absolute atomic E-state index is 11.8. The molecule has 0 bridgehead atoms. The Morgan fingerprint density at radius 2 is 1.91 bits per heavy atom. The quantitative estimate of drug-likeness (QED) is 0.632. The van der Waals surface area contributed by atoms with E-state index in [1.54, 1.807) is 31.4 Å². The molecule has 6 nitrogen and oxygen atoms in total. The van der Waals surface area contributed by atoms with Crippen LogP contribution in [0.3, 0.4) is 0 Å². The standard InChI is InChI=1S/C17H18N2O4/c1-22-14-6-3-12(4-7-14)10-17(21)19-18-11-13-5-8-15(20)16(9-13)23-2/h3-9,11,20H,10H2,1-2H3,(H,19,21)/b18-11-. The summed E-state index contributed by atoms with van der Waals surface area (Å²) in [4.78, 5) is 11.8. The summed E-state index contributed by atoms with van der Waals surface area (Å²) in [5, 5.41) is 13.4. The summed E-state index contributed by atoms with van der Waals surface area (Å²) in [6.45, 7) is 0. The number of hydrogen-bond donors (Lipinski definition) is 2. The van der Waals surface area contributed by atoms with E-state index in [0.29, 0.717) is 11.3 Å². The minimum atomic E-state index is -0.225. The molecule has 23 heavy (non-hydrogen) atoms. The third kappa shape index (κ3) is 4.74. The number of nitrogens with zero attached hydrogens (tertiary/aromatic N) is 1. The van der Waals surface area contributed by atoms with Crippen molar-refractivity contribution in [2.24, 2.45) is 5.10 Å². The van der Waals surface area contributed by atoms with E-state index in [0.717, 1.165) is 11.3 Å². The number of hydrazone groups is 1. The van der Waals surface area contributed by atoms with Gasteiger partial charge in [0.2, 0.25) is 5.91 Å². The zero-order chi connectivity index (χ0) is 16.7. The van der Waals surface area contributed by atoms with E-state index in [4.69, 9.17) is 9.47 Å². The van der Waals surface area contributed by atoms with Crippen LogP contribution in [-0.4, -0.2) is 31.4 Å².